The van der Waals surface area contributed by atoms with Crippen LogP contribution in [0.25, 0.3) is 10.9 Å². The highest BCUT2D eigenvalue weighted by molar-refractivity contribution is 5.82. The van der Waals surface area contributed by atoms with Gasteiger partial charge in [-0.15, -0.1) is 0 Å². The Balaban J connectivity index is 1.97. The second kappa shape index (κ2) is 4.12. The van der Waals surface area contributed by atoms with Crippen molar-refractivity contribution < 1.29 is 0 Å². The molecule has 0 amide bonds. The normalized spacial score (nSPS) is 16.6. The van der Waals surface area contributed by atoms with Crippen LogP contribution < -0.4 is 4.90 Å². The molecule has 0 saturated carbocycles. The highest BCUT2D eigenvalue weighted by Crippen LogP contribution is 2.23. The van der Waals surface area contributed by atoms with E-state index >= 15 is 0 Å². The number of pyridine rings is 1. The van der Waals surface area contributed by atoms with E-state index in [1.807, 2.05) is 12.3 Å². The quantitative estimate of drug-likeness (QED) is 0.721. The van der Waals surface area contributed by atoms with Gasteiger partial charge in [0.2, 0.25) is 0 Å². The zero-order chi connectivity index (χ0) is 10.8. The number of aromatic nitrogens is 1. The van der Waals surface area contributed by atoms with Crippen LogP contribution in [0.2, 0.25) is 0 Å². The van der Waals surface area contributed by atoms with Crippen LogP contribution in [0.5, 0.6) is 0 Å². The van der Waals surface area contributed by atoms with Crippen molar-refractivity contribution in [1.82, 2.24) is 4.98 Å². The molecular formula is C14H16N2. The summed E-state index contributed by atoms with van der Waals surface area (Å²) in [5.41, 5.74) is 2.43. The molecule has 1 aromatic heterocycles. The molecule has 1 saturated heterocycles. The first kappa shape index (κ1) is 9.64. The van der Waals surface area contributed by atoms with Crippen LogP contribution in [0.4, 0.5) is 5.69 Å². The summed E-state index contributed by atoms with van der Waals surface area (Å²) in [5, 5.41) is 1.23. The third-order valence-electron chi connectivity index (χ3n) is 3.31. The molecule has 1 fully saturated rings. The fraction of sp³-hybridized carbons (Fsp3) is 0.357. The van der Waals surface area contributed by atoms with Gasteiger partial charge >= 0.3 is 0 Å². The topological polar surface area (TPSA) is 16.1 Å². The Bertz CT molecular complexity index is 487. The summed E-state index contributed by atoms with van der Waals surface area (Å²) in [4.78, 5) is 6.88. The van der Waals surface area contributed by atoms with Crippen LogP contribution in [0, 0.1) is 0 Å². The van der Waals surface area contributed by atoms with E-state index in [-0.39, 0.29) is 0 Å². The van der Waals surface area contributed by atoms with Crippen LogP contribution in [-0.4, -0.2) is 18.1 Å². The number of rotatable bonds is 1. The number of fused-ring (bicyclic) bond motifs is 1. The molecule has 2 nitrogen and oxygen atoms in total. The summed E-state index contributed by atoms with van der Waals surface area (Å²) >= 11 is 0. The minimum Gasteiger partial charge on any atom is -0.371 e. The molecule has 16 heavy (non-hydrogen) atoms. The van der Waals surface area contributed by atoms with Crippen LogP contribution in [0.15, 0.2) is 36.5 Å². The first-order valence-corrected chi connectivity index (χ1v) is 6.03. The van der Waals surface area contributed by atoms with Crippen molar-refractivity contribution in [1.29, 1.82) is 0 Å². The van der Waals surface area contributed by atoms with E-state index in [2.05, 4.69) is 34.1 Å². The molecule has 1 aliphatic heterocycles. The van der Waals surface area contributed by atoms with Crippen molar-refractivity contribution in [3.05, 3.63) is 36.5 Å². The van der Waals surface area contributed by atoms with Gasteiger partial charge in [0.15, 0.2) is 0 Å². The van der Waals surface area contributed by atoms with E-state index in [0.717, 1.165) is 5.52 Å². The van der Waals surface area contributed by atoms with Crippen molar-refractivity contribution in [2.75, 3.05) is 18.0 Å². The number of hydrogen-bond acceptors (Lipinski definition) is 2. The van der Waals surface area contributed by atoms with Crippen molar-refractivity contribution >= 4 is 16.6 Å². The minimum absolute atomic E-state index is 1.10. The Labute approximate surface area is 95.9 Å². The molecule has 3 rings (SSSR count). The Hall–Kier alpha value is -1.57. The standard InChI is InChI=1S/C14H16N2/c1-2-9-16(10-3-1)13-7-6-12-5-4-8-15-14(12)11-13/h4-8,11H,1-3,9-10H2. The predicted octanol–water partition coefficient (Wildman–Crippen LogP) is 3.23. The second-order valence-corrected chi connectivity index (χ2v) is 4.43. The molecule has 0 N–H and O–H groups in total. The van der Waals surface area contributed by atoms with Crippen LogP contribution >= 0.6 is 0 Å². The van der Waals surface area contributed by atoms with Gasteiger partial charge in [-0.2, -0.15) is 0 Å². The molecule has 2 heteroatoms. The fourth-order valence-corrected chi connectivity index (χ4v) is 2.40. The predicted molar refractivity (Wildman–Crippen MR) is 67.8 cm³/mol. The van der Waals surface area contributed by atoms with Crippen molar-refractivity contribution in [2.24, 2.45) is 0 Å². The van der Waals surface area contributed by atoms with E-state index in [9.17, 15) is 0 Å². The second-order valence-electron chi connectivity index (χ2n) is 4.43. The molecule has 0 aliphatic carbocycles. The summed E-state index contributed by atoms with van der Waals surface area (Å²) in [7, 11) is 0. The van der Waals surface area contributed by atoms with Gasteiger partial charge in [0.05, 0.1) is 5.52 Å². The van der Waals surface area contributed by atoms with Gasteiger partial charge in [-0.25, -0.2) is 0 Å². The molecule has 0 radical (unpaired) electrons. The zero-order valence-corrected chi connectivity index (χ0v) is 9.39. The lowest BCUT2D eigenvalue weighted by Gasteiger charge is -2.28. The van der Waals surface area contributed by atoms with E-state index in [4.69, 9.17) is 0 Å². The summed E-state index contributed by atoms with van der Waals surface area (Å²) < 4.78 is 0. The Morgan fingerprint density at radius 3 is 2.75 bits per heavy atom. The average molecular weight is 212 g/mol. The lowest BCUT2D eigenvalue weighted by Crippen LogP contribution is -2.29. The number of piperidine rings is 1. The highest BCUT2D eigenvalue weighted by Gasteiger charge is 2.10. The lowest BCUT2D eigenvalue weighted by molar-refractivity contribution is 0.578. The molecule has 2 heterocycles. The number of hydrogen-bond donors (Lipinski definition) is 0. The fourth-order valence-electron chi connectivity index (χ4n) is 2.40. The Kier molecular flexibility index (Phi) is 2.49. The lowest BCUT2D eigenvalue weighted by atomic mass is 10.1. The van der Waals surface area contributed by atoms with E-state index in [0.29, 0.717) is 0 Å². The molecule has 0 bridgehead atoms. The third kappa shape index (κ3) is 1.75. The summed E-state index contributed by atoms with van der Waals surface area (Å²) in [6, 6.07) is 10.7. The van der Waals surface area contributed by atoms with Crippen LogP contribution in [0.1, 0.15) is 19.3 Å². The Morgan fingerprint density at radius 2 is 1.88 bits per heavy atom. The molecule has 82 valence electrons. The summed E-state index contributed by atoms with van der Waals surface area (Å²) in [5.74, 6) is 0. The van der Waals surface area contributed by atoms with Crippen LogP contribution in [-0.2, 0) is 0 Å². The number of anilines is 1. The molecule has 1 aromatic carbocycles. The first-order valence-electron chi connectivity index (χ1n) is 6.03. The van der Waals surface area contributed by atoms with Gasteiger partial charge in [0, 0.05) is 30.4 Å². The smallest absolute Gasteiger partial charge is 0.0722 e. The van der Waals surface area contributed by atoms with Gasteiger partial charge < -0.3 is 4.90 Å². The maximum absolute atomic E-state index is 4.41. The van der Waals surface area contributed by atoms with Gasteiger partial charge in [-0.1, -0.05) is 12.1 Å². The largest absolute Gasteiger partial charge is 0.371 e. The van der Waals surface area contributed by atoms with E-state index < -0.39 is 0 Å². The van der Waals surface area contributed by atoms with Gasteiger partial charge in [0.1, 0.15) is 0 Å². The molecule has 1 aliphatic rings. The van der Waals surface area contributed by atoms with Crippen molar-refractivity contribution in [3.8, 4) is 0 Å². The third-order valence-corrected chi connectivity index (χ3v) is 3.31. The number of nitrogens with zero attached hydrogens (tertiary/aromatic N) is 2. The Morgan fingerprint density at radius 1 is 1.00 bits per heavy atom. The number of benzene rings is 1. The molecule has 0 spiro atoms. The van der Waals surface area contributed by atoms with E-state index in [1.54, 1.807) is 0 Å². The zero-order valence-electron chi connectivity index (χ0n) is 9.39. The van der Waals surface area contributed by atoms with E-state index in [1.165, 1.54) is 43.4 Å². The first-order chi connectivity index (χ1) is 7.93. The minimum atomic E-state index is 1.10. The average Bonchev–Trinajstić information content (AvgIpc) is 2.39. The van der Waals surface area contributed by atoms with Gasteiger partial charge in [-0.3, -0.25) is 4.98 Å². The summed E-state index contributed by atoms with van der Waals surface area (Å²) in [6.07, 6.45) is 5.88. The molecule has 2 aromatic rings. The van der Waals surface area contributed by atoms with Gasteiger partial charge in [-0.05, 0) is 37.5 Å². The molecule has 0 atom stereocenters. The van der Waals surface area contributed by atoms with Crippen molar-refractivity contribution in [2.45, 2.75) is 19.3 Å². The maximum atomic E-state index is 4.41. The SMILES string of the molecule is c1cnc2cc(N3CCCCC3)ccc2c1. The molecular weight excluding hydrogens is 196 g/mol. The monoisotopic (exact) mass is 212 g/mol. The maximum Gasteiger partial charge on any atom is 0.0722 e. The highest BCUT2D eigenvalue weighted by atomic mass is 15.1. The van der Waals surface area contributed by atoms with Crippen molar-refractivity contribution in [3.63, 3.8) is 0 Å². The van der Waals surface area contributed by atoms with Gasteiger partial charge in [0.25, 0.3) is 0 Å². The van der Waals surface area contributed by atoms with Crippen LogP contribution in [0.3, 0.4) is 0 Å². The summed E-state index contributed by atoms with van der Waals surface area (Å²) in [6.45, 7) is 2.39. The molecule has 0 unspecified atom stereocenters.